The molecule has 1 aliphatic heterocycles. The largest absolute Gasteiger partial charge is 0.376 e. The van der Waals surface area contributed by atoms with Crippen LogP contribution in [0.15, 0.2) is 0 Å². The molecule has 102 valence electrons. The van der Waals surface area contributed by atoms with Gasteiger partial charge in [-0.05, 0) is 25.7 Å². The van der Waals surface area contributed by atoms with Crippen LogP contribution in [0.4, 0.5) is 0 Å². The van der Waals surface area contributed by atoms with Crippen LogP contribution in [-0.4, -0.2) is 37.6 Å². The number of carbonyl (C=O) groups is 2. The summed E-state index contributed by atoms with van der Waals surface area (Å²) < 4.78 is 5.41. The smallest absolute Gasteiger partial charge is 0.239 e. The maximum atomic E-state index is 11.7. The molecule has 1 aliphatic carbocycles. The quantitative estimate of drug-likeness (QED) is 0.754. The fourth-order valence-electron chi connectivity index (χ4n) is 2.60. The van der Waals surface area contributed by atoms with E-state index >= 15 is 0 Å². The molecule has 0 unspecified atom stereocenters. The van der Waals surface area contributed by atoms with Crippen LogP contribution in [0.3, 0.4) is 0 Å². The standard InChI is InChI=1S/C13H22N2O3/c16-12(14-8-11-6-3-7-18-11)9-15-13(17)10-4-1-2-5-10/h10-11H,1-9H2,(H,14,16)(H,15,17)/t11-/m1/s1. The van der Waals surface area contributed by atoms with Gasteiger partial charge in [-0.2, -0.15) is 0 Å². The van der Waals surface area contributed by atoms with Gasteiger partial charge in [-0.15, -0.1) is 0 Å². The molecule has 2 amide bonds. The Hall–Kier alpha value is -1.10. The molecule has 5 heteroatoms. The van der Waals surface area contributed by atoms with Crippen LogP contribution in [-0.2, 0) is 14.3 Å². The van der Waals surface area contributed by atoms with E-state index in [4.69, 9.17) is 4.74 Å². The van der Waals surface area contributed by atoms with Crippen molar-refractivity contribution in [3.63, 3.8) is 0 Å². The third-order valence-electron chi connectivity index (χ3n) is 3.70. The van der Waals surface area contributed by atoms with Gasteiger partial charge in [0.2, 0.25) is 11.8 Å². The van der Waals surface area contributed by atoms with Gasteiger partial charge >= 0.3 is 0 Å². The van der Waals surface area contributed by atoms with Gasteiger partial charge in [0.05, 0.1) is 12.6 Å². The number of nitrogens with one attached hydrogen (secondary N) is 2. The van der Waals surface area contributed by atoms with E-state index in [1.54, 1.807) is 0 Å². The SMILES string of the molecule is O=C(CNC(=O)C1CCCC1)NC[C@H]1CCCO1. The Balaban J connectivity index is 1.57. The number of hydrogen-bond acceptors (Lipinski definition) is 3. The second kappa shape index (κ2) is 6.73. The van der Waals surface area contributed by atoms with Crippen LogP contribution in [0.1, 0.15) is 38.5 Å². The molecule has 0 aromatic rings. The molecule has 18 heavy (non-hydrogen) atoms. The molecule has 1 atom stereocenters. The first-order chi connectivity index (χ1) is 8.75. The zero-order valence-corrected chi connectivity index (χ0v) is 10.7. The van der Waals surface area contributed by atoms with E-state index in [2.05, 4.69) is 10.6 Å². The van der Waals surface area contributed by atoms with Gasteiger partial charge in [0.1, 0.15) is 0 Å². The molecule has 0 aromatic heterocycles. The Kier molecular flexibility index (Phi) is 4.99. The maximum Gasteiger partial charge on any atom is 0.239 e. The van der Waals surface area contributed by atoms with Gasteiger partial charge in [0.15, 0.2) is 0 Å². The highest BCUT2D eigenvalue weighted by Gasteiger charge is 2.23. The number of hydrogen-bond donors (Lipinski definition) is 2. The molecule has 0 radical (unpaired) electrons. The van der Waals surface area contributed by atoms with E-state index < -0.39 is 0 Å². The highest BCUT2D eigenvalue weighted by atomic mass is 16.5. The van der Waals surface area contributed by atoms with Crippen LogP contribution in [0.5, 0.6) is 0 Å². The lowest BCUT2D eigenvalue weighted by Crippen LogP contribution is -2.41. The highest BCUT2D eigenvalue weighted by Crippen LogP contribution is 2.24. The molecule has 2 aliphatic rings. The van der Waals surface area contributed by atoms with Crippen molar-refractivity contribution in [3.05, 3.63) is 0 Å². The zero-order chi connectivity index (χ0) is 12.8. The predicted octanol–water partition coefficient (Wildman–Crippen LogP) is 0.588. The van der Waals surface area contributed by atoms with Crippen molar-refractivity contribution in [1.29, 1.82) is 0 Å². The molecular weight excluding hydrogens is 232 g/mol. The summed E-state index contributed by atoms with van der Waals surface area (Å²) in [7, 11) is 0. The van der Waals surface area contributed by atoms with E-state index in [0.29, 0.717) is 6.54 Å². The minimum Gasteiger partial charge on any atom is -0.376 e. The van der Waals surface area contributed by atoms with Gasteiger partial charge in [-0.25, -0.2) is 0 Å². The Morgan fingerprint density at radius 1 is 1.06 bits per heavy atom. The molecule has 1 saturated heterocycles. The second-order valence-corrected chi connectivity index (χ2v) is 5.14. The van der Waals surface area contributed by atoms with Crippen molar-refractivity contribution in [3.8, 4) is 0 Å². The third kappa shape index (κ3) is 3.98. The van der Waals surface area contributed by atoms with E-state index in [0.717, 1.165) is 45.1 Å². The lowest BCUT2D eigenvalue weighted by molar-refractivity contribution is -0.128. The van der Waals surface area contributed by atoms with Crippen molar-refractivity contribution >= 4 is 11.8 Å². The first-order valence-corrected chi connectivity index (χ1v) is 6.91. The van der Waals surface area contributed by atoms with Crippen LogP contribution in [0, 0.1) is 5.92 Å². The lowest BCUT2D eigenvalue weighted by atomic mass is 10.1. The van der Waals surface area contributed by atoms with E-state index in [1.165, 1.54) is 0 Å². The summed E-state index contributed by atoms with van der Waals surface area (Å²) in [6.07, 6.45) is 6.41. The Labute approximate surface area is 108 Å². The van der Waals surface area contributed by atoms with Gasteiger partial charge in [-0.3, -0.25) is 9.59 Å². The molecule has 0 aromatic carbocycles. The van der Waals surface area contributed by atoms with Crippen molar-refractivity contribution in [1.82, 2.24) is 10.6 Å². The molecule has 0 bridgehead atoms. The average molecular weight is 254 g/mol. The number of rotatable bonds is 5. The summed E-state index contributed by atoms with van der Waals surface area (Å²) in [5, 5.41) is 5.50. The maximum absolute atomic E-state index is 11.7. The number of ether oxygens (including phenoxy) is 1. The fraction of sp³-hybridized carbons (Fsp3) is 0.846. The van der Waals surface area contributed by atoms with Gasteiger partial charge in [0, 0.05) is 19.1 Å². The average Bonchev–Trinajstić information content (AvgIpc) is 3.05. The van der Waals surface area contributed by atoms with Gasteiger partial charge in [-0.1, -0.05) is 12.8 Å². The topological polar surface area (TPSA) is 67.4 Å². The summed E-state index contributed by atoms with van der Waals surface area (Å²) in [4.78, 5) is 23.2. The van der Waals surface area contributed by atoms with Gasteiger partial charge < -0.3 is 15.4 Å². The molecule has 2 fully saturated rings. The summed E-state index contributed by atoms with van der Waals surface area (Å²) in [5.41, 5.74) is 0. The van der Waals surface area contributed by atoms with Crippen molar-refractivity contribution in [2.45, 2.75) is 44.6 Å². The molecule has 2 rings (SSSR count). The minimum absolute atomic E-state index is 0.0276. The first kappa shape index (κ1) is 13.3. The molecule has 5 nitrogen and oxygen atoms in total. The zero-order valence-electron chi connectivity index (χ0n) is 10.7. The van der Waals surface area contributed by atoms with E-state index in [1.807, 2.05) is 0 Å². The minimum atomic E-state index is -0.128. The van der Waals surface area contributed by atoms with Crippen molar-refractivity contribution in [2.24, 2.45) is 5.92 Å². The van der Waals surface area contributed by atoms with Crippen molar-refractivity contribution in [2.75, 3.05) is 19.7 Å². The van der Waals surface area contributed by atoms with E-state index in [9.17, 15) is 9.59 Å². The molecule has 1 saturated carbocycles. The van der Waals surface area contributed by atoms with Crippen LogP contribution < -0.4 is 10.6 Å². The van der Waals surface area contributed by atoms with Gasteiger partial charge in [0.25, 0.3) is 0 Å². The normalized spacial score (nSPS) is 24.1. The van der Waals surface area contributed by atoms with Crippen LogP contribution in [0.2, 0.25) is 0 Å². The summed E-state index contributed by atoms with van der Waals surface area (Å²) >= 11 is 0. The predicted molar refractivity (Wildman–Crippen MR) is 67.0 cm³/mol. The molecule has 2 N–H and O–H groups in total. The van der Waals surface area contributed by atoms with Crippen LogP contribution >= 0.6 is 0 Å². The Morgan fingerprint density at radius 2 is 1.83 bits per heavy atom. The molecule has 0 spiro atoms. The highest BCUT2D eigenvalue weighted by molar-refractivity contribution is 5.85. The molecule has 1 heterocycles. The lowest BCUT2D eigenvalue weighted by Gasteiger charge is -2.12. The monoisotopic (exact) mass is 254 g/mol. The number of carbonyl (C=O) groups excluding carboxylic acids is 2. The third-order valence-corrected chi connectivity index (χ3v) is 3.70. The number of amides is 2. The second-order valence-electron chi connectivity index (χ2n) is 5.14. The summed E-state index contributed by atoms with van der Waals surface area (Å²) in [6, 6.07) is 0. The Morgan fingerprint density at radius 3 is 2.50 bits per heavy atom. The van der Waals surface area contributed by atoms with Crippen molar-refractivity contribution < 1.29 is 14.3 Å². The van der Waals surface area contributed by atoms with Crippen LogP contribution in [0.25, 0.3) is 0 Å². The first-order valence-electron chi connectivity index (χ1n) is 6.91. The summed E-state index contributed by atoms with van der Waals surface area (Å²) in [5.74, 6) is 0.0209. The molecular formula is C13H22N2O3. The van der Waals surface area contributed by atoms with E-state index in [-0.39, 0.29) is 30.4 Å². The Bertz CT molecular complexity index is 295. The fourth-order valence-corrected chi connectivity index (χ4v) is 2.60. The summed E-state index contributed by atoms with van der Waals surface area (Å²) in [6.45, 7) is 1.43.